The molecule has 0 saturated heterocycles. The molecule has 2 heterocycles. The SMILES string of the molecule is CCN(CC)S(=O)(=O)c1ccc2c(c1)CCN2c1cnnc2cc(OC)c(C(C)O)cc12. The van der Waals surface area contributed by atoms with Crippen LogP contribution in [-0.2, 0) is 16.4 Å². The van der Waals surface area contributed by atoms with Crippen LogP contribution >= 0.6 is 0 Å². The van der Waals surface area contributed by atoms with Gasteiger partial charge in [-0.25, -0.2) is 8.42 Å². The Morgan fingerprint density at radius 1 is 1.19 bits per heavy atom. The van der Waals surface area contributed by atoms with Gasteiger partial charge in [-0.05, 0) is 43.2 Å². The molecule has 170 valence electrons. The maximum absolute atomic E-state index is 12.9. The maximum Gasteiger partial charge on any atom is 0.243 e. The standard InChI is InChI=1S/C23H28N4O4S/c1-5-26(6-2)32(29,30)17-7-8-21-16(11-17)9-10-27(21)22-14-24-25-20-13-23(31-4)18(15(3)28)12-19(20)22/h7-8,11-15,28H,5-6,9-10H2,1-4H3. The van der Waals surface area contributed by atoms with E-state index in [0.29, 0.717) is 41.4 Å². The summed E-state index contributed by atoms with van der Waals surface area (Å²) in [5.74, 6) is 0.562. The fraction of sp³-hybridized carbons (Fsp3) is 0.391. The number of ether oxygens (including phenoxy) is 1. The largest absolute Gasteiger partial charge is 0.496 e. The number of benzene rings is 2. The molecule has 0 aliphatic carbocycles. The Bertz CT molecular complexity index is 1260. The number of fused-ring (bicyclic) bond motifs is 2. The Labute approximate surface area is 188 Å². The van der Waals surface area contributed by atoms with Crippen LogP contribution in [-0.4, -0.2) is 54.8 Å². The van der Waals surface area contributed by atoms with Gasteiger partial charge in [0.15, 0.2) is 0 Å². The van der Waals surface area contributed by atoms with Gasteiger partial charge in [-0.15, -0.1) is 0 Å². The van der Waals surface area contributed by atoms with Crippen LogP contribution < -0.4 is 9.64 Å². The third kappa shape index (κ3) is 3.70. The second-order valence-corrected chi connectivity index (χ2v) is 9.74. The van der Waals surface area contributed by atoms with E-state index in [4.69, 9.17) is 4.74 Å². The monoisotopic (exact) mass is 456 g/mol. The first kappa shape index (κ1) is 22.4. The minimum atomic E-state index is -3.51. The van der Waals surface area contributed by atoms with E-state index in [1.807, 2.05) is 26.0 Å². The highest BCUT2D eigenvalue weighted by atomic mass is 32.2. The molecule has 3 aromatic rings. The number of aliphatic hydroxyl groups is 1. The predicted molar refractivity (Wildman–Crippen MR) is 124 cm³/mol. The smallest absolute Gasteiger partial charge is 0.243 e. The van der Waals surface area contributed by atoms with Gasteiger partial charge in [-0.2, -0.15) is 14.5 Å². The van der Waals surface area contributed by atoms with Crippen molar-refractivity contribution in [3.05, 3.63) is 47.7 Å². The molecule has 1 aliphatic heterocycles. The zero-order valence-corrected chi connectivity index (χ0v) is 19.6. The molecule has 4 rings (SSSR count). The molecule has 0 amide bonds. The Morgan fingerprint density at radius 2 is 1.94 bits per heavy atom. The van der Waals surface area contributed by atoms with Crippen molar-refractivity contribution in [3.63, 3.8) is 0 Å². The van der Waals surface area contributed by atoms with Crippen LogP contribution in [0.2, 0.25) is 0 Å². The molecular formula is C23H28N4O4S. The number of hydrogen-bond donors (Lipinski definition) is 1. The molecule has 1 atom stereocenters. The highest BCUT2D eigenvalue weighted by Crippen LogP contribution is 2.40. The molecule has 1 aromatic heterocycles. The first-order valence-electron chi connectivity index (χ1n) is 10.7. The van der Waals surface area contributed by atoms with E-state index in [-0.39, 0.29) is 0 Å². The average molecular weight is 457 g/mol. The summed E-state index contributed by atoms with van der Waals surface area (Å²) < 4.78 is 32.8. The summed E-state index contributed by atoms with van der Waals surface area (Å²) in [6, 6.07) is 8.99. The third-order valence-corrected chi connectivity index (χ3v) is 8.05. The zero-order chi connectivity index (χ0) is 23.0. The van der Waals surface area contributed by atoms with E-state index in [0.717, 1.165) is 28.7 Å². The van der Waals surface area contributed by atoms with Crippen molar-refractivity contribution < 1.29 is 18.3 Å². The maximum atomic E-state index is 12.9. The lowest BCUT2D eigenvalue weighted by Crippen LogP contribution is -2.30. The highest BCUT2D eigenvalue weighted by molar-refractivity contribution is 7.89. The molecule has 2 aromatic carbocycles. The number of nitrogens with zero attached hydrogens (tertiary/aromatic N) is 4. The second kappa shape index (κ2) is 8.65. The molecule has 9 heteroatoms. The number of aromatic nitrogens is 2. The van der Waals surface area contributed by atoms with Gasteiger partial charge in [0.2, 0.25) is 10.0 Å². The molecular weight excluding hydrogens is 428 g/mol. The summed E-state index contributed by atoms with van der Waals surface area (Å²) in [4.78, 5) is 2.44. The van der Waals surface area contributed by atoms with Crippen LogP contribution in [0.15, 0.2) is 41.4 Å². The molecule has 0 bridgehead atoms. The van der Waals surface area contributed by atoms with Crippen molar-refractivity contribution in [1.82, 2.24) is 14.5 Å². The summed E-state index contributed by atoms with van der Waals surface area (Å²) in [7, 11) is -1.95. The molecule has 0 saturated carbocycles. The number of sulfonamides is 1. The van der Waals surface area contributed by atoms with Crippen molar-refractivity contribution in [1.29, 1.82) is 0 Å². The first-order valence-corrected chi connectivity index (χ1v) is 12.2. The van der Waals surface area contributed by atoms with E-state index in [9.17, 15) is 13.5 Å². The summed E-state index contributed by atoms with van der Waals surface area (Å²) in [6.07, 6.45) is 1.73. The van der Waals surface area contributed by atoms with Gasteiger partial charge in [-0.3, -0.25) is 0 Å². The summed E-state index contributed by atoms with van der Waals surface area (Å²) in [5.41, 5.74) is 4.13. The number of methoxy groups -OCH3 is 1. The van der Waals surface area contributed by atoms with Crippen LogP contribution in [0.5, 0.6) is 5.75 Å². The molecule has 32 heavy (non-hydrogen) atoms. The lowest BCUT2D eigenvalue weighted by Gasteiger charge is -2.22. The molecule has 1 unspecified atom stereocenters. The van der Waals surface area contributed by atoms with Gasteiger partial charge < -0.3 is 14.7 Å². The fourth-order valence-corrected chi connectivity index (χ4v) is 5.82. The van der Waals surface area contributed by atoms with Crippen LogP contribution in [0.1, 0.15) is 38.0 Å². The van der Waals surface area contributed by atoms with Crippen LogP contribution in [0.4, 0.5) is 11.4 Å². The van der Waals surface area contributed by atoms with Crippen LogP contribution in [0, 0.1) is 0 Å². The second-order valence-electron chi connectivity index (χ2n) is 7.80. The Balaban J connectivity index is 1.79. The number of anilines is 2. The van der Waals surface area contributed by atoms with Crippen molar-refractivity contribution in [2.75, 3.05) is 31.6 Å². The third-order valence-electron chi connectivity index (χ3n) is 6.00. The van der Waals surface area contributed by atoms with Gasteiger partial charge >= 0.3 is 0 Å². The predicted octanol–water partition coefficient (Wildman–Crippen LogP) is 3.42. The minimum Gasteiger partial charge on any atom is -0.496 e. The Kier molecular flexibility index (Phi) is 6.07. The summed E-state index contributed by atoms with van der Waals surface area (Å²) >= 11 is 0. The van der Waals surface area contributed by atoms with Gasteiger partial charge in [0.1, 0.15) is 5.75 Å². The van der Waals surface area contributed by atoms with E-state index < -0.39 is 16.1 Å². The molecule has 8 nitrogen and oxygen atoms in total. The molecule has 0 fully saturated rings. The quantitative estimate of drug-likeness (QED) is 0.582. The van der Waals surface area contributed by atoms with Crippen LogP contribution in [0.3, 0.4) is 0 Å². The van der Waals surface area contributed by atoms with Gasteiger partial charge in [0, 0.05) is 42.3 Å². The normalized spacial score (nSPS) is 14.8. The van der Waals surface area contributed by atoms with Crippen molar-refractivity contribution in [2.24, 2.45) is 0 Å². The number of hydrogen-bond acceptors (Lipinski definition) is 7. The van der Waals surface area contributed by atoms with E-state index in [1.165, 1.54) is 4.31 Å². The molecule has 1 aliphatic rings. The first-order chi connectivity index (χ1) is 15.3. The lowest BCUT2D eigenvalue weighted by atomic mass is 10.0. The van der Waals surface area contributed by atoms with Crippen molar-refractivity contribution in [2.45, 2.75) is 38.2 Å². The lowest BCUT2D eigenvalue weighted by molar-refractivity contribution is 0.194. The zero-order valence-electron chi connectivity index (χ0n) is 18.7. The fourth-order valence-electron chi connectivity index (χ4n) is 4.31. The summed E-state index contributed by atoms with van der Waals surface area (Å²) in [6.45, 7) is 6.95. The molecule has 1 N–H and O–H groups in total. The number of aliphatic hydroxyl groups excluding tert-OH is 1. The molecule has 0 radical (unpaired) electrons. The van der Waals surface area contributed by atoms with Gasteiger partial charge in [0.25, 0.3) is 0 Å². The van der Waals surface area contributed by atoms with E-state index in [2.05, 4.69) is 15.1 Å². The van der Waals surface area contributed by atoms with E-state index in [1.54, 1.807) is 38.4 Å². The van der Waals surface area contributed by atoms with Crippen molar-refractivity contribution >= 4 is 32.3 Å². The highest BCUT2D eigenvalue weighted by Gasteiger charge is 2.27. The number of rotatable bonds is 7. The minimum absolute atomic E-state index is 0.320. The average Bonchev–Trinajstić information content (AvgIpc) is 3.21. The van der Waals surface area contributed by atoms with Gasteiger partial charge in [-0.1, -0.05) is 13.8 Å². The van der Waals surface area contributed by atoms with E-state index >= 15 is 0 Å². The van der Waals surface area contributed by atoms with Crippen LogP contribution in [0.25, 0.3) is 10.9 Å². The molecule has 0 spiro atoms. The Hall–Kier alpha value is -2.75. The topological polar surface area (TPSA) is 95.9 Å². The van der Waals surface area contributed by atoms with Gasteiger partial charge in [0.05, 0.1) is 35.5 Å². The Morgan fingerprint density at radius 3 is 2.59 bits per heavy atom. The van der Waals surface area contributed by atoms with Crippen molar-refractivity contribution in [3.8, 4) is 5.75 Å². The summed E-state index contributed by atoms with van der Waals surface area (Å²) in [5, 5.41) is 19.5.